The first-order valence-corrected chi connectivity index (χ1v) is 6.06. The van der Waals surface area contributed by atoms with Crippen LogP contribution in [-0.4, -0.2) is 15.0 Å². The lowest BCUT2D eigenvalue weighted by molar-refractivity contribution is 0.584. The molecule has 4 nitrogen and oxygen atoms in total. The zero-order valence-corrected chi connectivity index (χ0v) is 9.56. The summed E-state index contributed by atoms with van der Waals surface area (Å²) in [4.78, 5) is 0.0466. The molecule has 0 heterocycles. The van der Waals surface area contributed by atoms with E-state index in [9.17, 15) is 8.42 Å². The van der Waals surface area contributed by atoms with E-state index in [0.717, 1.165) is 0 Å². The molecule has 0 amide bonds. The lowest BCUT2D eigenvalue weighted by Gasteiger charge is -2.04. The van der Waals surface area contributed by atoms with Crippen LogP contribution in [0.25, 0.3) is 0 Å². The molecule has 0 aromatic heterocycles. The molecule has 0 aliphatic rings. The van der Waals surface area contributed by atoms with Crippen molar-refractivity contribution >= 4 is 21.6 Å². The highest BCUT2D eigenvalue weighted by Crippen LogP contribution is 2.19. The van der Waals surface area contributed by atoms with E-state index in [1.807, 2.05) is 6.07 Å². The maximum atomic E-state index is 11.5. The van der Waals surface area contributed by atoms with E-state index >= 15 is 0 Å². The monoisotopic (exact) mass is 244 g/mol. The third-order valence-electron chi connectivity index (χ3n) is 1.70. The van der Waals surface area contributed by atoms with Crippen LogP contribution in [0.1, 0.15) is 12.5 Å². The molecule has 0 atom stereocenters. The first-order chi connectivity index (χ1) is 7.01. The molecule has 80 valence electrons. The Morgan fingerprint density at radius 3 is 2.73 bits per heavy atom. The molecule has 0 bridgehead atoms. The van der Waals surface area contributed by atoms with Crippen molar-refractivity contribution in [2.24, 2.45) is 0 Å². The van der Waals surface area contributed by atoms with E-state index in [2.05, 4.69) is 4.72 Å². The first-order valence-electron chi connectivity index (χ1n) is 4.20. The molecule has 0 aliphatic heterocycles. The molecule has 1 aromatic carbocycles. The molecule has 0 saturated carbocycles. The zero-order chi connectivity index (χ0) is 11.5. The van der Waals surface area contributed by atoms with Crippen LogP contribution in [0.2, 0.25) is 5.02 Å². The zero-order valence-electron chi connectivity index (χ0n) is 7.99. The fourth-order valence-electron chi connectivity index (χ4n) is 1.03. The second-order valence-electron chi connectivity index (χ2n) is 2.75. The number of nitrogens with one attached hydrogen (secondary N) is 1. The van der Waals surface area contributed by atoms with Crippen molar-refractivity contribution in [3.8, 4) is 6.07 Å². The van der Waals surface area contributed by atoms with Crippen molar-refractivity contribution in [2.45, 2.75) is 11.8 Å². The Morgan fingerprint density at radius 1 is 1.53 bits per heavy atom. The Hall–Kier alpha value is -1.09. The summed E-state index contributed by atoms with van der Waals surface area (Å²) in [7, 11) is -3.52. The summed E-state index contributed by atoms with van der Waals surface area (Å²) in [5.41, 5.74) is 0.149. The van der Waals surface area contributed by atoms with Gasteiger partial charge in [-0.1, -0.05) is 18.5 Å². The molecular formula is C9H9ClN2O2S. The highest BCUT2D eigenvalue weighted by molar-refractivity contribution is 7.89. The third kappa shape index (κ3) is 2.69. The van der Waals surface area contributed by atoms with Crippen LogP contribution in [0, 0.1) is 11.3 Å². The van der Waals surface area contributed by atoms with Crippen molar-refractivity contribution in [3.63, 3.8) is 0 Å². The second-order valence-corrected chi connectivity index (χ2v) is 4.93. The first kappa shape index (κ1) is 12.0. The predicted molar refractivity (Wildman–Crippen MR) is 57.0 cm³/mol. The Balaban J connectivity index is 3.24. The molecule has 0 spiro atoms. The summed E-state index contributed by atoms with van der Waals surface area (Å²) in [6.45, 7) is 1.98. The molecule has 1 N–H and O–H groups in total. The van der Waals surface area contributed by atoms with Gasteiger partial charge in [0.15, 0.2) is 0 Å². The van der Waals surface area contributed by atoms with Gasteiger partial charge in [-0.3, -0.25) is 0 Å². The number of benzene rings is 1. The second kappa shape index (κ2) is 4.62. The van der Waals surface area contributed by atoms with E-state index in [1.165, 1.54) is 18.2 Å². The summed E-state index contributed by atoms with van der Waals surface area (Å²) in [5, 5.41) is 8.93. The van der Waals surface area contributed by atoms with Crippen molar-refractivity contribution in [2.75, 3.05) is 6.54 Å². The van der Waals surface area contributed by atoms with Crippen molar-refractivity contribution < 1.29 is 8.42 Å². The summed E-state index contributed by atoms with van der Waals surface area (Å²) >= 11 is 5.69. The topological polar surface area (TPSA) is 70.0 Å². The van der Waals surface area contributed by atoms with Crippen LogP contribution >= 0.6 is 11.6 Å². The van der Waals surface area contributed by atoms with Gasteiger partial charge in [0.1, 0.15) is 6.07 Å². The van der Waals surface area contributed by atoms with E-state index in [4.69, 9.17) is 16.9 Å². The van der Waals surface area contributed by atoms with Gasteiger partial charge in [-0.2, -0.15) is 5.26 Å². The van der Waals surface area contributed by atoms with E-state index in [0.29, 0.717) is 6.54 Å². The molecule has 0 aliphatic carbocycles. The fraction of sp³-hybridized carbons (Fsp3) is 0.222. The average molecular weight is 245 g/mol. The number of rotatable bonds is 3. The molecule has 6 heteroatoms. The van der Waals surface area contributed by atoms with Gasteiger partial charge in [0.25, 0.3) is 0 Å². The number of hydrogen-bond acceptors (Lipinski definition) is 3. The third-order valence-corrected chi connectivity index (χ3v) is 3.58. The van der Waals surface area contributed by atoms with E-state index < -0.39 is 10.0 Å². The van der Waals surface area contributed by atoms with Gasteiger partial charge in [0, 0.05) is 6.54 Å². The summed E-state index contributed by atoms with van der Waals surface area (Å²) in [6.07, 6.45) is 0. The SMILES string of the molecule is CCNS(=O)(=O)c1ccc(Cl)c(C#N)c1. The maximum Gasteiger partial charge on any atom is 0.240 e. The largest absolute Gasteiger partial charge is 0.240 e. The number of nitrogens with zero attached hydrogens (tertiary/aromatic N) is 1. The smallest absolute Gasteiger partial charge is 0.211 e. The fourth-order valence-corrected chi connectivity index (χ4v) is 2.26. The minimum absolute atomic E-state index is 0.0466. The normalized spacial score (nSPS) is 11.0. The van der Waals surface area contributed by atoms with Gasteiger partial charge < -0.3 is 0 Å². The van der Waals surface area contributed by atoms with Crippen LogP contribution < -0.4 is 4.72 Å². The molecular weight excluding hydrogens is 236 g/mol. The lowest BCUT2D eigenvalue weighted by atomic mass is 10.2. The van der Waals surface area contributed by atoms with Crippen LogP contribution in [0.3, 0.4) is 0 Å². The maximum absolute atomic E-state index is 11.5. The summed E-state index contributed by atoms with van der Waals surface area (Å²) in [6, 6.07) is 5.83. The molecule has 0 fully saturated rings. The van der Waals surface area contributed by atoms with Gasteiger partial charge in [-0.25, -0.2) is 13.1 Å². The number of hydrogen-bond donors (Lipinski definition) is 1. The van der Waals surface area contributed by atoms with E-state index in [-0.39, 0.29) is 15.5 Å². The van der Waals surface area contributed by atoms with Gasteiger partial charge in [0.05, 0.1) is 15.5 Å². The van der Waals surface area contributed by atoms with Crippen molar-refractivity contribution in [1.29, 1.82) is 5.26 Å². The number of nitriles is 1. The Morgan fingerprint density at radius 2 is 2.20 bits per heavy atom. The van der Waals surface area contributed by atoms with E-state index in [1.54, 1.807) is 6.92 Å². The standard InChI is InChI=1S/C9H9ClN2O2S/c1-2-12-15(13,14)8-3-4-9(10)7(5-8)6-11/h3-5,12H,2H2,1H3. The quantitative estimate of drug-likeness (QED) is 0.876. The summed E-state index contributed by atoms with van der Waals surface area (Å²) < 4.78 is 25.4. The number of sulfonamides is 1. The van der Waals surface area contributed by atoms with Crippen LogP contribution in [0.15, 0.2) is 23.1 Å². The molecule has 15 heavy (non-hydrogen) atoms. The van der Waals surface area contributed by atoms with Gasteiger partial charge in [-0.05, 0) is 18.2 Å². The highest BCUT2D eigenvalue weighted by Gasteiger charge is 2.14. The molecule has 0 radical (unpaired) electrons. The van der Waals surface area contributed by atoms with Crippen molar-refractivity contribution in [1.82, 2.24) is 4.72 Å². The van der Waals surface area contributed by atoms with Crippen LogP contribution in [0.4, 0.5) is 0 Å². The minimum Gasteiger partial charge on any atom is -0.211 e. The minimum atomic E-state index is -3.52. The number of halogens is 1. The van der Waals surface area contributed by atoms with Crippen molar-refractivity contribution in [3.05, 3.63) is 28.8 Å². The predicted octanol–water partition coefficient (Wildman–Crippen LogP) is 1.51. The Labute approximate surface area is 93.5 Å². The Bertz CT molecular complexity index is 505. The molecule has 0 saturated heterocycles. The molecule has 1 rings (SSSR count). The average Bonchev–Trinajstić information content (AvgIpc) is 2.18. The lowest BCUT2D eigenvalue weighted by Crippen LogP contribution is -2.23. The van der Waals surface area contributed by atoms with Gasteiger partial charge in [-0.15, -0.1) is 0 Å². The van der Waals surface area contributed by atoms with Crippen LogP contribution in [-0.2, 0) is 10.0 Å². The van der Waals surface area contributed by atoms with Gasteiger partial charge >= 0.3 is 0 Å². The van der Waals surface area contributed by atoms with Gasteiger partial charge in [0.2, 0.25) is 10.0 Å². The highest BCUT2D eigenvalue weighted by atomic mass is 35.5. The molecule has 0 unspecified atom stereocenters. The molecule has 1 aromatic rings. The van der Waals surface area contributed by atoms with Crippen LogP contribution in [0.5, 0.6) is 0 Å². The Kier molecular flexibility index (Phi) is 3.69. The summed E-state index contributed by atoms with van der Waals surface area (Å²) in [5.74, 6) is 0.